The first-order valence-corrected chi connectivity index (χ1v) is 7.90. The van der Waals surface area contributed by atoms with Crippen LogP contribution in [0.15, 0.2) is 47.7 Å². The molecule has 2 aromatic heterocycles. The molecule has 0 amide bonds. The quantitative estimate of drug-likeness (QED) is 0.799. The molecule has 3 rings (SSSR count). The molecule has 0 fully saturated rings. The summed E-state index contributed by atoms with van der Waals surface area (Å²) < 4.78 is 1.80. The van der Waals surface area contributed by atoms with Crippen LogP contribution in [-0.2, 0) is 13.0 Å². The summed E-state index contributed by atoms with van der Waals surface area (Å²) in [5, 5.41) is 9.65. The van der Waals surface area contributed by atoms with Gasteiger partial charge >= 0.3 is 5.97 Å². The van der Waals surface area contributed by atoms with E-state index in [-0.39, 0.29) is 5.56 Å². The Hall–Kier alpha value is -2.95. The van der Waals surface area contributed by atoms with E-state index >= 15 is 0 Å². The molecule has 0 aliphatic rings. The molecule has 122 valence electrons. The maximum Gasteiger partial charge on any atom is 0.341 e. The third kappa shape index (κ3) is 2.58. The van der Waals surface area contributed by atoms with Gasteiger partial charge in [0.25, 0.3) is 0 Å². The highest BCUT2D eigenvalue weighted by Gasteiger charge is 2.15. The average molecular weight is 322 g/mol. The van der Waals surface area contributed by atoms with Crippen LogP contribution >= 0.6 is 0 Å². The number of nitrogens with zero attached hydrogens (tertiary/aromatic N) is 2. The lowest BCUT2D eigenvalue weighted by Gasteiger charge is -2.13. The Balaban J connectivity index is 2.31. The monoisotopic (exact) mass is 322 g/mol. The van der Waals surface area contributed by atoms with Crippen molar-refractivity contribution in [2.24, 2.45) is 0 Å². The van der Waals surface area contributed by atoms with Crippen LogP contribution in [0.25, 0.3) is 22.0 Å². The topological polar surface area (TPSA) is 72.2 Å². The zero-order chi connectivity index (χ0) is 17.3. The van der Waals surface area contributed by atoms with E-state index in [0.29, 0.717) is 11.9 Å². The number of aryl methyl sites for hydroxylation is 2. The molecular formula is C19H18N2O3. The van der Waals surface area contributed by atoms with Gasteiger partial charge in [0.05, 0.1) is 5.52 Å². The first-order valence-electron chi connectivity index (χ1n) is 7.90. The highest BCUT2D eigenvalue weighted by Crippen LogP contribution is 2.26. The van der Waals surface area contributed by atoms with Crippen LogP contribution in [0.3, 0.4) is 0 Å². The van der Waals surface area contributed by atoms with Crippen LogP contribution in [0.1, 0.15) is 29.8 Å². The van der Waals surface area contributed by atoms with Crippen LogP contribution in [0.4, 0.5) is 0 Å². The molecule has 0 saturated heterocycles. The molecule has 24 heavy (non-hydrogen) atoms. The molecule has 0 unspecified atom stereocenters. The van der Waals surface area contributed by atoms with Gasteiger partial charge < -0.3 is 9.67 Å². The van der Waals surface area contributed by atoms with Crippen molar-refractivity contribution in [3.8, 4) is 11.1 Å². The van der Waals surface area contributed by atoms with Crippen LogP contribution in [0, 0.1) is 0 Å². The summed E-state index contributed by atoms with van der Waals surface area (Å²) in [5.41, 5.74) is 3.29. The fraction of sp³-hybridized carbons (Fsp3) is 0.211. The number of benzene rings is 1. The number of carbonyl (C=O) groups is 1. The number of carboxylic acids is 1. The van der Waals surface area contributed by atoms with Crippen molar-refractivity contribution in [3.63, 3.8) is 0 Å². The molecule has 0 radical (unpaired) electrons. The van der Waals surface area contributed by atoms with Crippen molar-refractivity contribution in [2.45, 2.75) is 26.8 Å². The smallest absolute Gasteiger partial charge is 0.341 e. The minimum atomic E-state index is -1.20. The van der Waals surface area contributed by atoms with Crippen molar-refractivity contribution in [1.82, 2.24) is 9.55 Å². The SMILES string of the molecule is CCc1cnccc1-c1ccc2c(=O)c(C(=O)O)cn(CC)c2c1. The normalized spacial score (nSPS) is 10.9. The van der Waals surface area contributed by atoms with Crippen LogP contribution in [0.2, 0.25) is 0 Å². The van der Waals surface area contributed by atoms with Crippen LogP contribution in [0.5, 0.6) is 0 Å². The molecule has 3 aromatic rings. The van der Waals surface area contributed by atoms with Gasteiger partial charge in [0.15, 0.2) is 0 Å². The van der Waals surface area contributed by atoms with E-state index in [2.05, 4.69) is 11.9 Å². The molecule has 0 bridgehead atoms. The largest absolute Gasteiger partial charge is 0.477 e. The molecule has 0 atom stereocenters. The lowest BCUT2D eigenvalue weighted by Crippen LogP contribution is -2.18. The number of hydrogen-bond donors (Lipinski definition) is 1. The molecule has 0 saturated carbocycles. The Kier molecular flexibility index (Phi) is 4.16. The molecule has 1 N–H and O–H groups in total. The third-order valence-corrected chi connectivity index (χ3v) is 4.25. The van der Waals surface area contributed by atoms with E-state index in [1.54, 1.807) is 16.8 Å². The standard InChI is InChI=1S/C19H18N2O3/c1-3-12-10-20-8-7-14(12)13-5-6-15-17(9-13)21(4-2)11-16(18(15)22)19(23)24/h5-11H,3-4H2,1-2H3,(H,23,24). The van der Waals surface area contributed by atoms with Crippen molar-refractivity contribution in [3.05, 3.63) is 64.2 Å². The van der Waals surface area contributed by atoms with Gasteiger partial charge in [-0.05, 0) is 48.2 Å². The number of aromatic carboxylic acids is 1. The van der Waals surface area contributed by atoms with Crippen LogP contribution < -0.4 is 5.43 Å². The Bertz CT molecular complexity index is 990. The predicted octanol–water partition coefficient (Wildman–Crippen LogP) is 3.34. The highest BCUT2D eigenvalue weighted by molar-refractivity contribution is 5.93. The van der Waals surface area contributed by atoms with E-state index in [4.69, 9.17) is 0 Å². The molecule has 0 aliphatic carbocycles. The van der Waals surface area contributed by atoms with Crippen molar-refractivity contribution in [1.29, 1.82) is 0 Å². The second-order valence-corrected chi connectivity index (χ2v) is 5.58. The van der Waals surface area contributed by atoms with Gasteiger partial charge in [-0.15, -0.1) is 0 Å². The maximum absolute atomic E-state index is 12.4. The fourth-order valence-electron chi connectivity index (χ4n) is 2.96. The molecule has 5 heteroatoms. The van der Waals surface area contributed by atoms with Crippen molar-refractivity contribution >= 4 is 16.9 Å². The third-order valence-electron chi connectivity index (χ3n) is 4.25. The predicted molar refractivity (Wildman–Crippen MR) is 93.5 cm³/mol. The van der Waals surface area contributed by atoms with Gasteiger partial charge in [0.2, 0.25) is 5.43 Å². The average Bonchev–Trinajstić information content (AvgIpc) is 2.61. The summed E-state index contributed by atoms with van der Waals surface area (Å²) in [4.78, 5) is 27.9. The van der Waals surface area contributed by atoms with Gasteiger partial charge in [0, 0.05) is 30.5 Å². The summed E-state index contributed by atoms with van der Waals surface area (Å²) in [5.74, 6) is -1.20. The highest BCUT2D eigenvalue weighted by atomic mass is 16.4. The van der Waals surface area contributed by atoms with Gasteiger partial charge in [-0.2, -0.15) is 0 Å². The first kappa shape index (κ1) is 15.9. The first-order chi connectivity index (χ1) is 11.6. The number of pyridine rings is 2. The number of carboxylic acid groups (broad SMARTS) is 1. The second-order valence-electron chi connectivity index (χ2n) is 5.58. The number of hydrogen-bond acceptors (Lipinski definition) is 3. The number of aromatic nitrogens is 2. The molecule has 1 aromatic carbocycles. The zero-order valence-corrected chi connectivity index (χ0v) is 13.6. The van der Waals surface area contributed by atoms with Gasteiger partial charge in [0.1, 0.15) is 5.56 Å². The summed E-state index contributed by atoms with van der Waals surface area (Å²) >= 11 is 0. The molecule has 0 aliphatic heterocycles. The zero-order valence-electron chi connectivity index (χ0n) is 13.6. The molecule has 0 spiro atoms. The lowest BCUT2D eigenvalue weighted by atomic mass is 9.98. The minimum Gasteiger partial charge on any atom is -0.477 e. The van der Waals surface area contributed by atoms with Crippen molar-refractivity contribution in [2.75, 3.05) is 0 Å². The van der Waals surface area contributed by atoms with E-state index in [0.717, 1.165) is 28.6 Å². The maximum atomic E-state index is 12.4. The Morgan fingerprint density at radius 1 is 1.25 bits per heavy atom. The lowest BCUT2D eigenvalue weighted by molar-refractivity contribution is 0.0695. The minimum absolute atomic E-state index is 0.199. The summed E-state index contributed by atoms with van der Waals surface area (Å²) in [6, 6.07) is 7.48. The molecular weight excluding hydrogens is 304 g/mol. The van der Waals surface area contributed by atoms with Crippen LogP contribution in [-0.4, -0.2) is 20.6 Å². The molecule has 2 heterocycles. The number of fused-ring (bicyclic) bond motifs is 1. The van der Waals surface area contributed by atoms with E-state index in [1.807, 2.05) is 31.3 Å². The van der Waals surface area contributed by atoms with E-state index in [9.17, 15) is 14.7 Å². The second kappa shape index (κ2) is 6.28. The van der Waals surface area contributed by atoms with Gasteiger partial charge in [-0.1, -0.05) is 13.0 Å². The van der Waals surface area contributed by atoms with Gasteiger partial charge in [-0.3, -0.25) is 9.78 Å². The number of rotatable bonds is 4. The van der Waals surface area contributed by atoms with E-state index < -0.39 is 11.4 Å². The summed E-state index contributed by atoms with van der Waals surface area (Å²) in [7, 11) is 0. The Morgan fingerprint density at radius 2 is 2.04 bits per heavy atom. The van der Waals surface area contributed by atoms with E-state index in [1.165, 1.54) is 6.20 Å². The Labute approximate surface area is 139 Å². The summed E-state index contributed by atoms with van der Waals surface area (Å²) in [6.45, 7) is 4.58. The van der Waals surface area contributed by atoms with Crippen molar-refractivity contribution < 1.29 is 9.90 Å². The molecule has 5 nitrogen and oxygen atoms in total. The summed E-state index contributed by atoms with van der Waals surface area (Å²) in [6.07, 6.45) is 5.88. The fourth-order valence-corrected chi connectivity index (χ4v) is 2.96. The Morgan fingerprint density at radius 3 is 2.71 bits per heavy atom. The van der Waals surface area contributed by atoms with Gasteiger partial charge in [-0.25, -0.2) is 4.79 Å².